The first-order valence-electron chi connectivity index (χ1n) is 5.23. The summed E-state index contributed by atoms with van der Waals surface area (Å²) in [6.07, 6.45) is 3.33. The Morgan fingerprint density at radius 1 is 1.07 bits per heavy atom. The van der Waals surface area contributed by atoms with Crippen molar-refractivity contribution in [2.24, 2.45) is 0 Å². The van der Waals surface area contributed by atoms with Crippen molar-refractivity contribution in [1.29, 1.82) is 0 Å². The largest absolute Gasteiger partial charge is 0.493 e. The predicted octanol–water partition coefficient (Wildman–Crippen LogP) is 2.42. The normalized spacial score (nSPS) is 14.8. The number of hydrogen-bond acceptors (Lipinski definition) is 3. The van der Waals surface area contributed by atoms with Crippen LogP contribution < -0.4 is 14.2 Å². The van der Waals surface area contributed by atoms with Crippen LogP contribution in [0.15, 0.2) is 12.1 Å². The van der Waals surface area contributed by atoms with E-state index in [1.165, 1.54) is 12.0 Å². The quantitative estimate of drug-likeness (QED) is 0.747. The van der Waals surface area contributed by atoms with Crippen LogP contribution in [0.2, 0.25) is 0 Å². The summed E-state index contributed by atoms with van der Waals surface area (Å²) in [4.78, 5) is 0. The molecule has 0 aromatic heterocycles. The van der Waals surface area contributed by atoms with Gasteiger partial charge in [0.25, 0.3) is 0 Å². The first kappa shape index (κ1) is 10.1. The zero-order valence-corrected chi connectivity index (χ0v) is 9.21. The van der Waals surface area contributed by atoms with Crippen molar-refractivity contribution in [3.8, 4) is 17.2 Å². The van der Waals surface area contributed by atoms with E-state index in [4.69, 9.17) is 14.2 Å². The summed E-state index contributed by atoms with van der Waals surface area (Å²) < 4.78 is 16.2. The van der Waals surface area contributed by atoms with Gasteiger partial charge in [0, 0.05) is 6.07 Å². The van der Waals surface area contributed by atoms with E-state index in [2.05, 4.69) is 0 Å². The number of benzene rings is 1. The van der Waals surface area contributed by atoms with Crippen LogP contribution >= 0.6 is 0 Å². The molecule has 0 unspecified atom stereocenters. The number of methoxy groups -OCH3 is 2. The van der Waals surface area contributed by atoms with Crippen LogP contribution in [0.4, 0.5) is 0 Å². The zero-order valence-electron chi connectivity index (χ0n) is 9.21. The van der Waals surface area contributed by atoms with Crippen molar-refractivity contribution in [3.05, 3.63) is 17.7 Å². The topological polar surface area (TPSA) is 27.7 Å². The van der Waals surface area contributed by atoms with Crippen molar-refractivity contribution in [2.45, 2.75) is 19.3 Å². The highest BCUT2D eigenvalue weighted by Crippen LogP contribution is 2.36. The number of rotatable bonds is 2. The molecule has 0 fully saturated rings. The molecule has 1 aromatic rings. The van der Waals surface area contributed by atoms with E-state index < -0.39 is 0 Å². The van der Waals surface area contributed by atoms with Gasteiger partial charge in [-0.2, -0.15) is 0 Å². The van der Waals surface area contributed by atoms with Crippen molar-refractivity contribution in [3.63, 3.8) is 0 Å². The maximum atomic E-state index is 5.65. The van der Waals surface area contributed by atoms with Gasteiger partial charge in [0.2, 0.25) is 0 Å². The molecule has 2 rings (SSSR count). The Balaban J connectivity index is 2.41. The van der Waals surface area contributed by atoms with Gasteiger partial charge in [-0.05, 0) is 30.9 Å². The summed E-state index contributed by atoms with van der Waals surface area (Å²) >= 11 is 0. The van der Waals surface area contributed by atoms with Gasteiger partial charge in [-0.25, -0.2) is 0 Å². The van der Waals surface area contributed by atoms with Crippen LogP contribution in [-0.4, -0.2) is 20.8 Å². The summed E-state index contributed by atoms with van der Waals surface area (Å²) in [6.45, 7) is 0.794. The summed E-state index contributed by atoms with van der Waals surface area (Å²) in [7, 11) is 3.29. The van der Waals surface area contributed by atoms with Gasteiger partial charge >= 0.3 is 0 Å². The Labute approximate surface area is 90.0 Å². The Kier molecular flexibility index (Phi) is 2.99. The van der Waals surface area contributed by atoms with Gasteiger partial charge in [-0.1, -0.05) is 0 Å². The average Bonchev–Trinajstić information content (AvgIpc) is 2.51. The standard InChI is InChI=1S/C12H16O3/c1-13-11-7-9-5-3-4-6-15-10(9)8-12(11)14-2/h7-8H,3-6H2,1-2H3. The molecule has 3 heteroatoms. The minimum absolute atomic E-state index is 0.734. The smallest absolute Gasteiger partial charge is 0.164 e. The van der Waals surface area contributed by atoms with Crippen molar-refractivity contribution >= 4 is 0 Å². The van der Waals surface area contributed by atoms with Crippen molar-refractivity contribution in [2.75, 3.05) is 20.8 Å². The molecule has 1 heterocycles. The molecule has 0 saturated carbocycles. The Hall–Kier alpha value is -1.38. The van der Waals surface area contributed by atoms with Crippen LogP contribution in [0.3, 0.4) is 0 Å². The van der Waals surface area contributed by atoms with Gasteiger partial charge in [0.05, 0.1) is 20.8 Å². The molecule has 0 radical (unpaired) electrons. The molecule has 1 aliphatic rings. The molecule has 15 heavy (non-hydrogen) atoms. The SMILES string of the molecule is COc1cc2c(cc1OC)OCCCC2. The summed E-state index contributed by atoms with van der Waals surface area (Å²) in [6, 6.07) is 3.93. The molecule has 1 aliphatic heterocycles. The van der Waals surface area contributed by atoms with E-state index in [1.807, 2.05) is 12.1 Å². The first-order chi connectivity index (χ1) is 7.35. The Morgan fingerprint density at radius 3 is 2.53 bits per heavy atom. The van der Waals surface area contributed by atoms with Crippen LogP contribution in [0.25, 0.3) is 0 Å². The van der Waals surface area contributed by atoms with Crippen LogP contribution in [0.5, 0.6) is 17.2 Å². The lowest BCUT2D eigenvalue weighted by Crippen LogP contribution is -1.97. The zero-order chi connectivity index (χ0) is 10.7. The lowest BCUT2D eigenvalue weighted by Gasteiger charge is -2.12. The highest BCUT2D eigenvalue weighted by molar-refractivity contribution is 5.51. The van der Waals surface area contributed by atoms with Gasteiger partial charge in [0.1, 0.15) is 5.75 Å². The number of ether oxygens (including phenoxy) is 3. The second-order valence-corrected chi connectivity index (χ2v) is 3.62. The highest BCUT2D eigenvalue weighted by Gasteiger charge is 2.14. The van der Waals surface area contributed by atoms with Crippen LogP contribution in [0.1, 0.15) is 18.4 Å². The van der Waals surface area contributed by atoms with Gasteiger partial charge in [-0.15, -0.1) is 0 Å². The molecule has 0 bridgehead atoms. The molecular weight excluding hydrogens is 192 g/mol. The molecule has 1 aromatic carbocycles. The molecule has 0 spiro atoms. The molecule has 0 aliphatic carbocycles. The fraction of sp³-hybridized carbons (Fsp3) is 0.500. The lowest BCUT2D eigenvalue weighted by atomic mass is 10.1. The van der Waals surface area contributed by atoms with Gasteiger partial charge < -0.3 is 14.2 Å². The first-order valence-corrected chi connectivity index (χ1v) is 5.23. The Bertz CT molecular complexity index is 314. The molecule has 0 saturated heterocycles. The fourth-order valence-electron chi connectivity index (χ4n) is 1.83. The van der Waals surface area contributed by atoms with E-state index in [0.717, 1.165) is 36.7 Å². The summed E-state index contributed by atoms with van der Waals surface area (Å²) in [5, 5.41) is 0. The van der Waals surface area contributed by atoms with E-state index in [1.54, 1.807) is 14.2 Å². The fourth-order valence-corrected chi connectivity index (χ4v) is 1.83. The molecular formula is C12H16O3. The summed E-state index contributed by atoms with van der Waals surface area (Å²) in [5.74, 6) is 2.45. The van der Waals surface area contributed by atoms with Gasteiger partial charge in [-0.3, -0.25) is 0 Å². The Morgan fingerprint density at radius 2 is 1.80 bits per heavy atom. The third kappa shape index (κ3) is 2.01. The maximum Gasteiger partial charge on any atom is 0.164 e. The van der Waals surface area contributed by atoms with E-state index in [0.29, 0.717) is 0 Å². The minimum atomic E-state index is 0.734. The summed E-state index contributed by atoms with van der Waals surface area (Å²) in [5.41, 5.74) is 1.21. The average molecular weight is 208 g/mol. The van der Waals surface area contributed by atoms with E-state index in [-0.39, 0.29) is 0 Å². The van der Waals surface area contributed by atoms with Crippen molar-refractivity contribution in [1.82, 2.24) is 0 Å². The number of aryl methyl sites for hydroxylation is 1. The molecule has 3 nitrogen and oxygen atoms in total. The predicted molar refractivity (Wildman–Crippen MR) is 58.0 cm³/mol. The third-order valence-electron chi connectivity index (χ3n) is 2.66. The third-order valence-corrected chi connectivity index (χ3v) is 2.66. The van der Waals surface area contributed by atoms with Gasteiger partial charge in [0.15, 0.2) is 11.5 Å². The van der Waals surface area contributed by atoms with E-state index >= 15 is 0 Å². The minimum Gasteiger partial charge on any atom is -0.493 e. The molecule has 0 N–H and O–H groups in total. The second-order valence-electron chi connectivity index (χ2n) is 3.62. The number of fused-ring (bicyclic) bond motifs is 1. The molecule has 82 valence electrons. The highest BCUT2D eigenvalue weighted by atomic mass is 16.5. The number of hydrogen-bond donors (Lipinski definition) is 0. The maximum absolute atomic E-state index is 5.65. The lowest BCUT2D eigenvalue weighted by molar-refractivity contribution is 0.310. The molecule has 0 atom stereocenters. The second kappa shape index (κ2) is 4.43. The van der Waals surface area contributed by atoms with Crippen molar-refractivity contribution < 1.29 is 14.2 Å². The van der Waals surface area contributed by atoms with Crippen LogP contribution in [-0.2, 0) is 6.42 Å². The monoisotopic (exact) mass is 208 g/mol. The van der Waals surface area contributed by atoms with E-state index in [9.17, 15) is 0 Å². The van der Waals surface area contributed by atoms with Crippen LogP contribution in [0, 0.1) is 0 Å². The molecule has 0 amide bonds.